The van der Waals surface area contributed by atoms with E-state index in [2.05, 4.69) is 15.6 Å². The molecule has 0 spiro atoms. The number of furan rings is 1. The van der Waals surface area contributed by atoms with Crippen LogP contribution in [0.2, 0.25) is 0 Å². The number of guanidine groups is 1. The molecule has 1 aliphatic rings. The number of hydrogen-bond acceptors (Lipinski definition) is 3. The summed E-state index contributed by atoms with van der Waals surface area (Å²) in [5.74, 6) is 1.85. The molecule has 2 rings (SSSR count). The third kappa shape index (κ3) is 6.25. The molecule has 0 radical (unpaired) electrons. The number of methoxy groups -OCH3 is 1. The second kappa shape index (κ2) is 9.30. The summed E-state index contributed by atoms with van der Waals surface area (Å²) in [5, 5.41) is 6.73. The Balaban J connectivity index is 0.00000220. The van der Waals surface area contributed by atoms with Gasteiger partial charge in [-0.15, -0.1) is 24.0 Å². The van der Waals surface area contributed by atoms with Gasteiger partial charge in [0.1, 0.15) is 5.76 Å². The fourth-order valence-electron chi connectivity index (χ4n) is 2.26. The fraction of sp³-hybridized carbons (Fsp3) is 0.667. The Morgan fingerprint density at radius 1 is 1.43 bits per heavy atom. The first-order valence-electron chi connectivity index (χ1n) is 7.24. The van der Waals surface area contributed by atoms with Crippen molar-refractivity contribution in [2.24, 2.45) is 10.4 Å². The smallest absolute Gasteiger partial charge is 0.191 e. The molecular formula is C15H26IN3O2. The highest BCUT2D eigenvalue weighted by Crippen LogP contribution is 2.48. The lowest BCUT2D eigenvalue weighted by atomic mass is 10.0. The highest BCUT2D eigenvalue weighted by Gasteiger charge is 2.41. The molecule has 2 N–H and O–H groups in total. The zero-order valence-electron chi connectivity index (χ0n) is 12.9. The minimum absolute atomic E-state index is 0. The molecule has 0 aromatic carbocycles. The largest absolute Gasteiger partial charge is 0.469 e. The van der Waals surface area contributed by atoms with E-state index in [9.17, 15) is 0 Å². The number of ether oxygens (including phenoxy) is 1. The third-order valence-electron chi connectivity index (χ3n) is 3.89. The predicted molar refractivity (Wildman–Crippen MR) is 95.4 cm³/mol. The summed E-state index contributed by atoms with van der Waals surface area (Å²) < 4.78 is 10.5. The van der Waals surface area contributed by atoms with Gasteiger partial charge >= 0.3 is 0 Å². The number of aliphatic imine (C=N–C) groups is 1. The Bertz CT molecular complexity index is 417. The molecule has 1 aromatic heterocycles. The normalized spacial score (nSPS) is 16.2. The molecular weight excluding hydrogens is 381 g/mol. The van der Waals surface area contributed by atoms with E-state index in [0.29, 0.717) is 5.41 Å². The van der Waals surface area contributed by atoms with Gasteiger partial charge in [0.25, 0.3) is 0 Å². The van der Waals surface area contributed by atoms with Gasteiger partial charge in [-0.2, -0.15) is 0 Å². The zero-order chi connectivity index (χ0) is 14.3. The topological polar surface area (TPSA) is 58.8 Å². The van der Waals surface area contributed by atoms with Crippen molar-refractivity contribution in [2.45, 2.75) is 25.7 Å². The average molecular weight is 407 g/mol. The van der Waals surface area contributed by atoms with Crippen molar-refractivity contribution in [1.82, 2.24) is 10.6 Å². The molecule has 1 aliphatic carbocycles. The Morgan fingerprint density at radius 2 is 2.24 bits per heavy atom. The Labute approximate surface area is 143 Å². The third-order valence-corrected chi connectivity index (χ3v) is 3.89. The Kier molecular flexibility index (Phi) is 8.10. The molecule has 1 saturated carbocycles. The predicted octanol–water partition coefficient (Wildman–Crippen LogP) is 2.42. The molecule has 1 fully saturated rings. The first-order valence-corrected chi connectivity index (χ1v) is 7.24. The highest BCUT2D eigenvalue weighted by molar-refractivity contribution is 14.0. The lowest BCUT2D eigenvalue weighted by molar-refractivity contribution is 0.172. The molecule has 0 atom stereocenters. The van der Waals surface area contributed by atoms with Crippen molar-refractivity contribution in [2.75, 3.05) is 33.9 Å². The molecule has 0 unspecified atom stereocenters. The highest BCUT2D eigenvalue weighted by atomic mass is 127. The van der Waals surface area contributed by atoms with E-state index in [1.54, 1.807) is 20.4 Å². The molecule has 120 valence electrons. The van der Waals surface area contributed by atoms with Gasteiger partial charge in [0.2, 0.25) is 0 Å². The molecule has 1 heterocycles. The maximum Gasteiger partial charge on any atom is 0.191 e. The van der Waals surface area contributed by atoms with Gasteiger partial charge in [-0.05, 0) is 36.8 Å². The second-order valence-corrected chi connectivity index (χ2v) is 5.42. The lowest BCUT2D eigenvalue weighted by Gasteiger charge is -2.18. The number of rotatable bonds is 8. The monoisotopic (exact) mass is 407 g/mol. The first kappa shape index (κ1) is 18.3. The van der Waals surface area contributed by atoms with Crippen LogP contribution in [0.4, 0.5) is 0 Å². The van der Waals surface area contributed by atoms with Crippen molar-refractivity contribution >= 4 is 29.9 Å². The van der Waals surface area contributed by atoms with Crippen LogP contribution in [0, 0.1) is 5.41 Å². The molecule has 0 bridgehead atoms. The summed E-state index contributed by atoms with van der Waals surface area (Å²) in [6, 6.07) is 3.90. The van der Waals surface area contributed by atoms with Crippen LogP contribution in [0.1, 0.15) is 25.0 Å². The van der Waals surface area contributed by atoms with E-state index in [1.807, 2.05) is 12.1 Å². The van der Waals surface area contributed by atoms with Gasteiger partial charge in [-0.1, -0.05) is 0 Å². The van der Waals surface area contributed by atoms with Crippen LogP contribution in [0.15, 0.2) is 27.8 Å². The number of nitrogens with zero attached hydrogens (tertiary/aromatic N) is 1. The SMILES string of the molecule is CN=C(NCCc1ccco1)NCC1(CCOC)CC1.I. The molecule has 6 heteroatoms. The second-order valence-electron chi connectivity index (χ2n) is 5.42. The quantitative estimate of drug-likeness (QED) is 0.395. The van der Waals surface area contributed by atoms with Gasteiger partial charge in [0.05, 0.1) is 6.26 Å². The van der Waals surface area contributed by atoms with Crippen molar-refractivity contribution in [3.8, 4) is 0 Å². The molecule has 0 saturated heterocycles. The molecule has 0 aliphatic heterocycles. The summed E-state index contributed by atoms with van der Waals surface area (Å²) in [4.78, 5) is 4.25. The zero-order valence-corrected chi connectivity index (χ0v) is 15.2. The first-order chi connectivity index (χ1) is 9.78. The van der Waals surface area contributed by atoms with Crippen LogP contribution in [-0.4, -0.2) is 39.8 Å². The van der Waals surface area contributed by atoms with E-state index in [4.69, 9.17) is 9.15 Å². The van der Waals surface area contributed by atoms with Crippen molar-refractivity contribution in [3.63, 3.8) is 0 Å². The molecule has 0 amide bonds. The van der Waals surface area contributed by atoms with E-state index < -0.39 is 0 Å². The van der Waals surface area contributed by atoms with Crippen LogP contribution >= 0.6 is 24.0 Å². The maximum atomic E-state index is 5.30. The summed E-state index contributed by atoms with van der Waals surface area (Å²) >= 11 is 0. The van der Waals surface area contributed by atoms with Crippen LogP contribution < -0.4 is 10.6 Å². The van der Waals surface area contributed by atoms with Gasteiger partial charge < -0.3 is 19.8 Å². The van der Waals surface area contributed by atoms with Gasteiger partial charge in [-0.25, -0.2) is 0 Å². The van der Waals surface area contributed by atoms with E-state index in [-0.39, 0.29) is 24.0 Å². The summed E-state index contributed by atoms with van der Waals surface area (Å²) in [5.41, 5.74) is 0.425. The van der Waals surface area contributed by atoms with Gasteiger partial charge in [0.15, 0.2) is 5.96 Å². The van der Waals surface area contributed by atoms with Crippen LogP contribution in [-0.2, 0) is 11.2 Å². The summed E-state index contributed by atoms with van der Waals surface area (Å²) in [6.45, 7) is 2.63. The molecule has 1 aromatic rings. The van der Waals surface area contributed by atoms with E-state index in [0.717, 1.165) is 44.3 Å². The molecule has 21 heavy (non-hydrogen) atoms. The maximum absolute atomic E-state index is 5.30. The standard InChI is InChI=1S/C15H25N3O2.HI/c1-16-14(17-9-5-13-4-3-10-20-13)18-12-15(6-7-15)8-11-19-2;/h3-4,10H,5-9,11-12H2,1-2H3,(H2,16,17,18);1H. The fourth-order valence-corrected chi connectivity index (χ4v) is 2.26. The van der Waals surface area contributed by atoms with Crippen molar-refractivity contribution in [1.29, 1.82) is 0 Å². The Morgan fingerprint density at radius 3 is 2.81 bits per heavy atom. The molecule has 5 nitrogen and oxygen atoms in total. The summed E-state index contributed by atoms with van der Waals surface area (Å²) in [7, 11) is 3.57. The lowest BCUT2D eigenvalue weighted by Crippen LogP contribution is -2.41. The van der Waals surface area contributed by atoms with E-state index in [1.165, 1.54) is 12.8 Å². The number of halogens is 1. The summed E-state index contributed by atoms with van der Waals surface area (Å²) in [6.07, 6.45) is 6.26. The Hall–Kier alpha value is -0.760. The average Bonchev–Trinajstić information content (AvgIpc) is 3.05. The van der Waals surface area contributed by atoms with Gasteiger partial charge in [0, 0.05) is 40.3 Å². The number of hydrogen-bond donors (Lipinski definition) is 2. The van der Waals surface area contributed by atoms with Crippen LogP contribution in [0.5, 0.6) is 0 Å². The van der Waals surface area contributed by atoms with Crippen LogP contribution in [0.25, 0.3) is 0 Å². The van der Waals surface area contributed by atoms with Crippen molar-refractivity contribution in [3.05, 3.63) is 24.2 Å². The number of nitrogens with one attached hydrogen (secondary N) is 2. The van der Waals surface area contributed by atoms with Crippen molar-refractivity contribution < 1.29 is 9.15 Å². The minimum Gasteiger partial charge on any atom is -0.469 e. The van der Waals surface area contributed by atoms with Crippen LogP contribution in [0.3, 0.4) is 0 Å². The van der Waals surface area contributed by atoms with E-state index >= 15 is 0 Å². The van der Waals surface area contributed by atoms with Gasteiger partial charge in [-0.3, -0.25) is 4.99 Å². The minimum atomic E-state index is 0.